The molecule has 0 radical (unpaired) electrons. The molecule has 0 fully saturated rings. The molecule has 10 heteroatoms. The Morgan fingerprint density at radius 1 is 1.00 bits per heavy atom. The van der Waals surface area contributed by atoms with Crippen molar-refractivity contribution in [1.82, 2.24) is 4.90 Å². The molecule has 0 bridgehead atoms. The standard InChI is InChI=1S/C22H24BrN3O6/c23-13-17(27)12-22(25,20(29)30)26(21(31)32-14-16-9-5-2-6-10-16)19(28)18(24)11-15-7-3-1-4-8-15/h1-10,18H,11-14,24-25H2,(H,29,30). The van der Waals surface area contributed by atoms with Crippen LogP contribution in [0.4, 0.5) is 4.79 Å². The van der Waals surface area contributed by atoms with Crippen LogP contribution in [0.25, 0.3) is 0 Å². The first-order valence-corrected chi connectivity index (χ1v) is 10.8. The molecule has 0 heterocycles. The Bertz CT molecular complexity index is 957. The van der Waals surface area contributed by atoms with E-state index in [1.54, 1.807) is 60.7 Å². The third kappa shape index (κ3) is 6.46. The molecule has 9 nitrogen and oxygen atoms in total. The molecule has 2 aromatic carbocycles. The molecule has 0 aromatic heterocycles. The Kier molecular flexibility index (Phi) is 9.06. The number of carbonyl (C=O) groups excluding carboxylic acids is 3. The number of nitrogens with zero attached hydrogens (tertiary/aromatic N) is 1. The SMILES string of the molecule is NC(Cc1ccccc1)C(=O)N(C(=O)OCc1ccccc1)C(N)(CC(=O)CBr)C(=O)O. The number of carboxylic acids is 1. The van der Waals surface area contributed by atoms with E-state index in [-0.39, 0.29) is 23.3 Å². The van der Waals surface area contributed by atoms with E-state index in [1.807, 2.05) is 0 Å². The molecule has 32 heavy (non-hydrogen) atoms. The predicted octanol–water partition coefficient (Wildman–Crippen LogP) is 1.82. The first-order chi connectivity index (χ1) is 15.2. The van der Waals surface area contributed by atoms with E-state index in [0.717, 1.165) is 0 Å². The van der Waals surface area contributed by atoms with Crippen molar-refractivity contribution in [1.29, 1.82) is 0 Å². The van der Waals surface area contributed by atoms with E-state index in [1.165, 1.54) is 0 Å². The Morgan fingerprint density at radius 2 is 1.53 bits per heavy atom. The van der Waals surface area contributed by atoms with Gasteiger partial charge in [0.2, 0.25) is 5.66 Å². The van der Waals surface area contributed by atoms with Gasteiger partial charge in [0.05, 0.1) is 17.8 Å². The van der Waals surface area contributed by atoms with Gasteiger partial charge in [-0.15, -0.1) is 0 Å². The van der Waals surface area contributed by atoms with Crippen LogP contribution < -0.4 is 11.5 Å². The molecule has 0 aliphatic carbocycles. The summed E-state index contributed by atoms with van der Waals surface area (Å²) in [5.41, 5.74) is 10.6. The van der Waals surface area contributed by atoms with Gasteiger partial charge in [0.1, 0.15) is 12.4 Å². The first-order valence-electron chi connectivity index (χ1n) is 9.63. The van der Waals surface area contributed by atoms with Crippen molar-refractivity contribution in [3.05, 3.63) is 71.8 Å². The minimum absolute atomic E-state index is 0.0181. The Hall–Kier alpha value is -3.08. The van der Waals surface area contributed by atoms with Gasteiger partial charge >= 0.3 is 12.1 Å². The van der Waals surface area contributed by atoms with Crippen LogP contribution in [0, 0.1) is 0 Å². The van der Waals surface area contributed by atoms with Gasteiger partial charge in [-0.05, 0) is 17.5 Å². The largest absolute Gasteiger partial charge is 0.478 e. The lowest BCUT2D eigenvalue weighted by atomic mass is 9.99. The summed E-state index contributed by atoms with van der Waals surface area (Å²) in [6, 6.07) is 16.0. The Morgan fingerprint density at radius 3 is 2.03 bits per heavy atom. The van der Waals surface area contributed by atoms with Crippen LogP contribution in [0.1, 0.15) is 17.5 Å². The lowest BCUT2D eigenvalue weighted by Crippen LogP contribution is -2.68. The maximum atomic E-state index is 13.2. The lowest BCUT2D eigenvalue weighted by Gasteiger charge is -2.36. The summed E-state index contributed by atoms with van der Waals surface area (Å²) in [4.78, 5) is 50.3. The average molecular weight is 506 g/mol. The molecular formula is C22H24BrN3O6. The number of ether oxygens (including phenoxy) is 1. The summed E-state index contributed by atoms with van der Waals surface area (Å²) in [5.74, 6) is -3.44. The summed E-state index contributed by atoms with van der Waals surface area (Å²) in [6.45, 7) is -0.237. The van der Waals surface area contributed by atoms with E-state index in [4.69, 9.17) is 16.2 Å². The molecule has 0 saturated heterocycles. The minimum atomic E-state index is -2.68. The maximum Gasteiger partial charge on any atom is 0.419 e. The Labute approximate surface area is 193 Å². The molecule has 2 unspecified atom stereocenters. The van der Waals surface area contributed by atoms with Gasteiger partial charge in [0.25, 0.3) is 5.91 Å². The van der Waals surface area contributed by atoms with Gasteiger partial charge in [-0.25, -0.2) is 14.5 Å². The summed E-state index contributed by atoms with van der Waals surface area (Å²) >= 11 is 2.93. The van der Waals surface area contributed by atoms with Crippen LogP contribution >= 0.6 is 15.9 Å². The highest BCUT2D eigenvalue weighted by Crippen LogP contribution is 2.20. The molecular weight excluding hydrogens is 482 g/mol. The van der Waals surface area contributed by atoms with Crippen molar-refractivity contribution in [2.24, 2.45) is 11.5 Å². The third-order valence-electron chi connectivity index (χ3n) is 4.61. The normalized spacial score (nSPS) is 13.5. The number of nitrogens with two attached hydrogens (primary N) is 2. The minimum Gasteiger partial charge on any atom is -0.478 e. The van der Waals surface area contributed by atoms with Crippen molar-refractivity contribution in [2.45, 2.75) is 31.2 Å². The third-order valence-corrected chi connectivity index (χ3v) is 5.23. The van der Waals surface area contributed by atoms with Crippen LogP contribution in [-0.4, -0.2) is 50.8 Å². The van der Waals surface area contributed by atoms with E-state index in [0.29, 0.717) is 11.1 Å². The molecule has 2 rings (SSSR count). The number of carboxylic acid groups (broad SMARTS) is 1. The number of benzene rings is 2. The second-order valence-electron chi connectivity index (χ2n) is 7.09. The highest BCUT2D eigenvalue weighted by Gasteiger charge is 2.50. The van der Waals surface area contributed by atoms with Gasteiger partial charge in [0.15, 0.2) is 0 Å². The highest BCUT2D eigenvalue weighted by atomic mass is 79.9. The lowest BCUT2D eigenvalue weighted by molar-refractivity contribution is -0.159. The zero-order valence-electron chi connectivity index (χ0n) is 17.1. The average Bonchev–Trinajstić information content (AvgIpc) is 2.78. The van der Waals surface area contributed by atoms with E-state index in [2.05, 4.69) is 15.9 Å². The number of imide groups is 1. The number of rotatable bonds is 10. The number of aliphatic carboxylic acids is 1. The molecule has 2 atom stereocenters. The second kappa shape index (κ2) is 11.5. The van der Waals surface area contributed by atoms with Crippen LogP contribution in [-0.2, 0) is 32.1 Å². The molecule has 2 aromatic rings. The van der Waals surface area contributed by atoms with Gasteiger partial charge in [0, 0.05) is 0 Å². The maximum absolute atomic E-state index is 13.2. The van der Waals surface area contributed by atoms with Crippen molar-refractivity contribution in [2.75, 3.05) is 5.33 Å². The molecule has 2 amide bonds. The van der Waals surface area contributed by atoms with Gasteiger partial charge in [-0.2, -0.15) is 0 Å². The second-order valence-corrected chi connectivity index (χ2v) is 7.65. The summed E-state index contributed by atoms with van der Waals surface area (Å²) < 4.78 is 5.17. The van der Waals surface area contributed by atoms with Crippen LogP contribution in [0.15, 0.2) is 60.7 Å². The van der Waals surface area contributed by atoms with Gasteiger partial charge in [-0.1, -0.05) is 76.6 Å². The van der Waals surface area contributed by atoms with Crippen molar-refractivity contribution >= 4 is 39.7 Å². The van der Waals surface area contributed by atoms with Crippen molar-refractivity contribution < 1.29 is 29.0 Å². The van der Waals surface area contributed by atoms with E-state index >= 15 is 0 Å². The number of carbonyl (C=O) groups is 4. The number of ketones is 1. The van der Waals surface area contributed by atoms with E-state index < -0.39 is 41.9 Å². The van der Waals surface area contributed by atoms with Crippen molar-refractivity contribution in [3.63, 3.8) is 0 Å². The quantitative estimate of drug-likeness (QED) is 0.326. The van der Waals surface area contributed by atoms with Crippen LogP contribution in [0.3, 0.4) is 0 Å². The Balaban J connectivity index is 2.35. The van der Waals surface area contributed by atoms with Gasteiger partial charge in [-0.3, -0.25) is 15.3 Å². The first kappa shape index (κ1) is 25.2. The monoisotopic (exact) mass is 505 g/mol. The highest BCUT2D eigenvalue weighted by molar-refractivity contribution is 9.09. The van der Waals surface area contributed by atoms with Gasteiger partial charge < -0.3 is 15.6 Å². The number of amides is 2. The summed E-state index contributed by atoms with van der Waals surface area (Å²) in [6.07, 6.45) is -2.11. The summed E-state index contributed by atoms with van der Waals surface area (Å²) in [7, 11) is 0. The molecule has 170 valence electrons. The van der Waals surface area contributed by atoms with E-state index in [9.17, 15) is 24.3 Å². The van der Waals surface area contributed by atoms with Crippen molar-refractivity contribution in [3.8, 4) is 0 Å². The molecule has 0 aliphatic rings. The smallest absolute Gasteiger partial charge is 0.419 e. The number of Topliss-reactive ketones (excluding diaryl/α,β-unsaturated/α-hetero) is 1. The topological polar surface area (TPSA) is 153 Å². The summed E-state index contributed by atoms with van der Waals surface area (Å²) in [5, 5.41) is 9.55. The predicted molar refractivity (Wildman–Crippen MR) is 120 cm³/mol. The fourth-order valence-corrected chi connectivity index (χ4v) is 3.15. The van der Waals surface area contributed by atoms with Crippen LogP contribution in [0.2, 0.25) is 0 Å². The fourth-order valence-electron chi connectivity index (χ4n) is 2.95. The number of halogens is 1. The number of hydrogen-bond donors (Lipinski definition) is 3. The fraction of sp³-hybridized carbons (Fsp3) is 0.273. The molecule has 0 spiro atoms. The number of alkyl halides is 1. The zero-order valence-corrected chi connectivity index (χ0v) is 18.7. The number of hydrogen-bond acceptors (Lipinski definition) is 7. The molecule has 0 saturated carbocycles. The molecule has 5 N–H and O–H groups in total. The molecule has 0 aliphatic heterocycles. The zero-order chi connectivity index (χ0) is 23.7. The van der Waals surface area contributed by atoms with Crippen LogP contribution in [0.5, 0.6) is 0 Å².